The molecule has 128 valence electrons. The van der Waals surface area contributed by atoms with Crippen molar-refractivity contribution in [3.63, 3.8) is 0 Å². The number of hydrogen-bond donors (Lipinski definition) is 0. The Balaban J connectivity index is 1.65. The van der Waals surface area contributed by atoms with Crippen molar-refractivity contribution in [3.8, 4) is 0 Å². The minimum atomic E-state index is 0.0123. The summed E-state index contributed by atoms with van der Waals surface area (Å²) in [5, 5.41) is 0. The molecule has 0 atom stereocenters. The molecule has 1 fully saturated rings. The van der Waals surface area contributed by atoms with Gasteiger partial charge in [-0.2, -0.15) is 0 Å². The molecule has 2 aromatic rings. The van der Waals surface area contributed by atoms with Gasteiger partial charge in [-0.3, -0.25) is 9.59 Å². The summed E-state index contributed by atoms with van der Waals surface area (Å²) >= 11 is 0. The van der Waals surface area contributed by atoms with Gasteiger partial charge in [0, 0.05) is 36.4 Å². The van der Waals surface area contributed by atoms with Crippen LogP contribution < -0.4 is 9.80 Å². The molecule has 2 aliphatic heterocycles. The summed E-state index contributed by atoms with van der Waals surface area (Å²) in [7, 11) is 0. The molecular formula is C21H22N2O2. The van der Waals surface area contributed by atoms with Gasteiger partial charge >= 0.3 is 0 Å². The first kappa shape index (κ1) is 15.9. The van der Waals surface area contributed by atoms with Gasteiger partial charge in [-0.25, -0.2) is 0 Å². The zero-order valence-electron chi connectivity index (χ0n) is 14.5. The first-order chi connectivity index (χ1) is 12.1. The standard InChI is InChI=1S/C21H22N2O2/c1-15-9-10-19-16(13-15)6-3-12-23(19)21(25)17-5-2-7-18(14-17)22-11-4-8-20(22)24/h2,5,7,9-10,13-14H,3-4,6,8,11-12H2,1H3. The van der Waals surface area contributed by atoms with Crippen LogP contribution in [-0.4, -0.2) is 24.9 Å². The monoisotopic (exact) mass is 334 g/mol. The summed E-state index contributed by atoms with van der Waals surface area (Å²) in [5.41, 5.74) is 4.96. The van der Waals surface area contributed by atoms with Gasteiger partial charge in [0.25, 0.3) is 5.91 Å². The Hall–Kier alpha value is -2.62. The average molecular weight is 334 g/mol. The molecule has 0 spiro atoms. The van der Waals surface area contributed by atoms with Gasteiger partial charge in [-0.15, -0.1) is 0 Å². The van der Waals surface area contributed by atoms with E-state index in [2.05, 4.69) is 25.1 Å². The number of nitrogens with zero attached hydrogens (tertiary/aromatic N) is 2. The highest BCUT2D eigenvalue weighted by Crippen LogP contribution is 2.30. The zero-order chi connectivity index (χ0) is 17.4. The predicted octanol–water partition coefficient (Wildman–Crippen LogP) is 3.71. The number of carbonyl (C=O) groups excluding carboxylic acids is 2. The minimum Gasteiger partial charge on any atom is -0.312 e. The molecule has 0 bridgehead atoms. The number of carbonyl (C=O) groups is 2. The largest absolute Gasteiger partial charge is 0.312 e. The lowest BCUT2D eigenvalue weighted by molar-refractivity contribution is -0.117. The number of benzene rings is 2. The Labute approximate surface area is 148 Å². The Morgan fingerprint density at radius 1 is 1.00 bits per heavy atom. The van der Waals surface area contributed by atoms with Crippen molar-refractivity contribution in [3.05, 3.63) is 59.2 Å². The second-order valence-corrected chi connectivity index (χ2v) is 6.89. The van der Waals surface area contributed by atoms with Crippen molar-refractivity contribution in [2.45, 2.75) is 32.6 Å². The van der Waals surface area contributed by atoms with Gasteiger partial charge in [0.15, 0.2) is 0 Å². The quantitative estimate of drug-likeness (QED) is 0.840. The van der Waals surface area contributed by atoms with Gasteiger partial charge in [0.2, 0.25) is 5.91 Å². The van der Waals surface area contributed by atoms with E-state index in [1.165, 1.54) is 11.1 Å². The highest BCUT2D eigenvalue weighted by Gasteiger charge is 2.26. The van der Waals surface area contributed by atoms with E-state index in [4.69, 9.17) is 0 Å². The summed E-state index contributed by atoms with van der Waals surface area (Å²) in [6.07, 6.45) is 3.47. The lowest BCUT2D eigenvalue weighted by Gasteiger charge is -2.30. The molecule has 2 aliphatic rings. The molecule has 4 nitrogen and oxygen atoms in total. The minimum absolute atomic E-state index is 0.0123. The van der Waals surface area contributed by atoms with Crippen molar-refractivity contribution in [2.24, 2.45) is 0 Å². The molecule has 4 heteroatoms. The summed E-state index contributed by atoms with van der Waals surface area (Å²) in [5.74, 6) is 0.154. The molecular weight excluding hydrogens is 312 g/mol. The molecule has 4 rings (SSSR count). The third-order valence-electron chi connectivity index (χ3n) is 5.08. The van der Waals surface area contributed by atoms with E-state index in [9.17, 15) is 9.59 Å². The van der Waals surface area contributed by atoms with Crippen LogP contribution in [0.2, 0.25) is 0 Å². The van der Waals surface area contributed by atoms with E-state index in [0.717, 1.165) is 43.7 Å². The molecule has 0 unspecified atom stereocenters. The van der Waals surface area contributed by atoms with Gasteiger partial charge in [0.05, 0.1) is 0 Å². The molecule has 0 aromatic heterocycles. The van der Waals surface area contributed by atoms with Crippen LogP contribution in [0, 0.1) is 6.92 Å². The summed E-state index contributed by atoms with van der Waals surface area (Å²) < 4.78 is 0. The van der Waals surface area contributed by atoms with Crippen molar-refractivity contribution in [1.29, 1.82) is 0 Å². The SMILES string of the molecule is Cc1ccc2c(c1)CCCN2C(=O)c1cccc(N2CCCC2=O)c1. The van der Waals surface area contributed by atoms with Crippen molar-refractivity contribution in [2.75, 3.05) is 22.9 Å². The summed E-state index contributed by atoms with van der Waals surface area (Å²) in [6.45, 7) is 3.56. The zero-order valence-corrected chi connectivity index (χ0v) is 14.5. The van der Waals surface area contributed by atoms with Gasteiger partial charge < -0.3 is 9.80 Å². The maximum Gasteiger partial charge on any atom is 0.258 e. The topological polar surface area (TPSA) is 40.6 Å². The van der Waals surface area contributed by atoms with E-state index in [1.807, 2.05) is 29.2 Å². The lowest BCUT2D eigenvalue weighted by Crippen LogP contribution is -2.35. The van der Waals surface area contributed by atoms with Crippen LogP contribution in [0.4, 0.5) is 11.4 Å². The van der Waals surface area contributed by atoms with Gasteiger partial charge in [-0.05, 0) is 56.0 Å². The Morgan fingerprint density at radius 3 is 2.64 bits per heavy atom. The fourth-order valence-corrected chi connectivity index (χ4v) is 3.82. The van der Waals surface area contributed by atoms with Gasteiger partial charge in [-0.1, -0.05) is 23.8 Å². The Kier molecular flexibility index (Phi) is 4.04. The van der Waals surface area contributed by atoms with Crippen LogP contribution in [0.25, 0.3) is 0 Å². The average Bonchev–Trinajstić information content (AvgIpc) is 3.06. The first-order valence-corrected chi connectivity index (χ1v) is 8.95. The highest BCUT2D eigenvalue weighted by molar-refractivity contribution is 6.08. The molecule has 2 heterocycles. The van der Waals surface area contributed by atoms with Gasteiger partial charge in [0.1, 0.15) is 0 Å². The molecule has 0 radical (unpaired) electrons. The van der Waals surface area contributed by atoms with Crippen molar-refractivity contribution >= 4 is 23.2 Å². The molecule has 0 N–H and O–H groups in total. The van der Waals surface area contributed by atoms with Crippen molar-refractivity contribution < 1.29 is 9.59 Å². The Bertz CT molecular complexity index is 844. The van der Waals surface area contributed by atoms with E-state index in [-0.39, 0.29) is 11.8 Å². The van der Waals surface area contributed by atoms with Crippen LogP contribution >= 0.6 is 0 Å². The van der Waals surface area contributed by atoms with E-state index in [0.29, 0.717) is 12.0 Å². The number of hydrogen-bond acceptors (Lipinski definition) is 2. The predicted molar refractivity (Wildman–Crippen MR) is 99.2 cm³/mol. The molecule has 1 saturated heterocycles. The number of fused-ring (bicyclic) bond motifs is 1. The van der Waals surface area contributed by atoms with Crippen molar-refractivity contribution in [1.82, 2.24) is 0 Å². The molecule has 25 heavy (non-hydrogen) atoms. The number of amides is 2. The fourth-order valence-electron chi connectivity index (χ4n) is 3.82. The summed E-state index contributed by atoms with van der Waals surface area (Å²) in [4.78, 5) is 28.8. The molecule has 2 aromatic carbocycles. The van der Waals surface area contributed by atoms with E-state index >= 15 is 0 Å². The number of aryl methyl sites for hydroxylation is 2. The van der Waals surface area contributed by atoms with E-state index in [1.54, 1.807) is 4.90 Å². The van der Waals surface area contributed by atoms with E-state index < -0.39 is 0 Å². The lowest BCUT2D eigenvalue weighted by atomic mass is 9.98. The van der Waals surface area contributed by atoms with Crippen LogP contribution in [0.5, 0.6) is 0 Å². The third kappa shape index (κ3) is 2.93. The second-order valence-electron chi connectivity index (χ2n) is 6.89. The fraction of sp³-hybridized carbons (Fsp3) is 0.333. The molecule has 0 aliphatic carbocycles. The third-order valence-corrected chi connectivity index (χ3v) is 5.08. The van der Waals surface area contributed by atoms with Crippen LogP contribution in [-0.2, 0) is 11.2 Å². The summed E-state index contributed by atoms with van der Waals surface area (Å²) in [6, 6.07) is 13.8. The maximum atomic E-state index is 13.1. The molecule has 2 amide bonds. The maximum absolute atomic E-state index is 13.1. The van der Waals surface area contributed by atoms with Crippen LogP contribution in [0.15, 0.2) is 42.5 Å². The number of rotatable bonds is 2. The highest BCUT2D eigenvalue weighted by atomic mass is 16.2. The van der Waals surface area contributed by atoms with Crippen LogP contribution in [0.1, 0.15) is 40.7 Å². The normalized spacial score (nSPS) is 16.9. The Morgan fingerprint density at radius 2 is 1.84 bits per heavy atom. The number of anilines is 2. The molecule has 0 saturated carbocycles. The first-order valence-electron chi connectivity index (χ1n) is 8.95. The van der Waals surface area contributed by atoms with Crippen LogP contribution in [0.3, 0.4) is 0 Å². The smallest absolute Gasteiger partial charge is 0.258 e. The second kappa shape index (κ2) is 6.36.